The van der Waals surface area contributed by atoms with Crippen LogP contribution in [-0.4, -0.2) is 21.0 Å². The van der Waals surface area contributed by atoms with Crippen molar-refractivity contribution in [1.29, 1.82) is 0 Å². The third-order valence-corrected chi connectivity index (χ3v) is 4.00. The fourth-order valence-electron chi connectivity index (χ4n) is 2.97. The maximum absolute atomic E-state index is 13.7. The summed E-state index contributed by atoms with van der Waals surface area (Å²) < 4.78 is 26.8. The smallest absolute Gasteiger partial charge is 0.307 e. The number of carboxylic acids is 1. The molecule has 2 aromatic rings. The van der Waals surface area contributed by atoms with Gasteiger partial charge >= 0.3 is 5.97 Å². The van der Waals surface area contributed by atoms with Crippen LogP contribution in [0.1, 0.15) is 37.4 Å². The maximum atomic E-state index is 13.7. The normalized spacial score (nSPS) is 23.1. The lowest BCUT2D eigenvalue weighted by Gasteiger charge is -2.26. The zero-order valence-corrected chi connectivity index (χ0v) is 10.7. The highest BCUT2D eigenvalue weighted by atomic mass is 19.2. The Morgan fingerprint density at radius 2 is 2.05 bits per heavy atom. The molecule has 1 aliphatic rings. The molecule has 4 nitrogen and oxygen atoms in total. The first-order chi connectivity index (χ1) is 9.58. The Balaban J connectivity index is 2.05. The molecule has 0 saturated heterocycles. The lowest BCUT2D eigenvalue weighted by molar-refractivity contribution is -0.143. The van der Waals surface area contributed by atoms with Crippen molar-refractivity contribution in [2.24, 2.45) is 5.92 Å². The Morgan fingerprint density at radius 1 is 1.30 bits per heavy atom. The Morgan fingerprint density at radius 3 is 2.80 bits per heavy atom. The topological polar surface area (TPSA) is 66.0 Å². The van der Waals surface area contributed by atoms with Crippen LogP contribution in [-0.2, 0) is 4.79 Å². The average molecular weight is 280 g/mol. The number of halogens is 2. The van der Waals surface area contributed by atoms with E-state index in [1.165, 1.54) is 6.07 Å². The highest BCUT2D eigenvalue weighted by Crippen LogP contribution is 2.37. The number of H-pyrrole nitrogens is 1. The fraction of sp³-hybridized carbons (Fsp3) is 0.429. The minimum atomic E-state index is -0.993. The van der Waals surface area contributed by atoms with Crippen molar-refractivity contribution in [3.63, 3.8) is 0 Å². The molecule has 1 aromatic heterocycles. The van der Waals surface area contributed by atoms with E-state index in [1.54, 1.807) is 0 Å². The molecule has 2 atom stereocenters. The zero-order valence-electron chi connectivity index (χ0n) is 10.7. The molecule has 0 amide bonds. The van der Waals surface area contributed by atoms with Crippen LogP contribution in [0.3, 0.4) is 0 Å². The van der Waals surface area contributed by atoms with Crippen LogP contribution in [0.5, 0.6) is 0 Å². The largest absolute Gasteiger partial charge is 0.481 e. The van der Waals surface area contributed by atoms with E-state index in [2.05, 4.69) is 9.97 Å². The second-order valence-electron chi connectivity index (χ2n) is 5.22. The van der Waals surface area contributed by atoms with Gasteiger partial charge in [-0.15, -0.1) is 0 Å². The van der Waals surface area contributed by atoms with Gasteiger partial charge in [0.15, 0.2) is 11.6 Å². The quantitative estimate of drug-likeness (QED) is 0.887. The number of hydrogen-bond acceptors (Lipinski definition) is 2. The number of rotatable bonds is 2. The maximum Gasteiger partial charge on any atom is 0.307 e. The number of fused-ring (bicyclic) bond motifs is 1. The average Bonchev–Trinajstić information content (AvgIpc) is 2.88. The van der Waals surface area contributed by atoms with E-state index >= 15 is 0 Å². The molecule has 1 aromatic carbocycles. The Bertz CT molecular complexity index is 668. The van der Waals surface area contributed by atoms with Crippen LogP contribution in [0.25, 0.3) is 11.0 Å². The second kappa shape index (κ2) is 4.85. The van der Waals surface area contributed by atoms with Gasteiger partial charge in [0.25, 0.3) is 0 Å². The van der Waals surface area contributed by atoms with E-state index < -0.39 is 23.5 Å². The summed E-state index contributed by atoms with van der Waals surface area (Å²) in [6.45, 7) is 0. The third kappa shape index (κ3) is 2.05. The number of imidazole rings is 1. The summed E-state index contributed by atoms with van der Waals surface area (Å²) in [6, 6.07) is 2.46. The van der Waals surface area contributed by atoms with Gasteiger partial charge in [0.1, 0.15) is 11.3 Å². The van der Waals surface area contributed by atoms with Crippen molar-refractivity contribution >= 4 is 17.0 Å². The number of nitrogens with one attached hydrogen (secondary N) is 1. The Hall–Kier alpha value is -1.98. The summed E-state index contributed by atoms with van der Waals surface area (Å²) in [5.41, 5.74) is 0.336. The van der Waals surface area contributed by atoms with Crippen molar-refractivity contribution in [2.75, 3.05) is 0 Å². The van der Waals surface area contributed by atoms with Gasteiger partial charge in [0.2, 0.25) is 0 Å². The molecule has 20 heavy (non-hydrogen) atoms. The van der Waals surface area contributed by atoms with Gasteiger partial charge in [0.05, 0.1) is 11.4 Å². The highest BCUT2D eigenvalue weighted by Gasteiger charge is 2.34. The van der Waals surface area contributed by atoms with Gasteiger partial charge in [-0.2, -0.15) is 0 Å². The van der Waals surface area contributed by atoms with Crippen molar-refractivity contribution in [1.82, 2.24) is 9.97 Å². The van der Waals surface area contributed by atoms with Crippen molar-refractivity contribution in [3.05, 3.63) is 29.6 Å². The first-order valence-corrected chi connectivity index (χ1v) is 6.64. The predicted octanol–water partition coefficient (Wildman–Crippen LogP) is 3.20. The molecule has 1 fully saturated rings. The van der Waals surface area contributed by atoms with E-state index in [-0.39, 0.29) is 11.4 Å². The van der Waals surface area contributed by atoms with E-state index in [0.29, 0.717) is 24.2 Å². The predicted molar refractivity (Wildman–Crippen MR) is 68.3 cm³/mol. The molecule has 6 heteroatoms. The molecule has 0 spiro atoms. The molecule has 1 heterocycles. The van der Waals surface area contributed by atoms with Gasteiger partial charge in [0, 0.05) is 5.92 Å². The summed E-state index contributed by atoms with van der Waals surface area (Å²) in [4.78, 5) is 18.3. The van der Waals surface area contributed by atoms with Gasteiger partial charge in [-0.1, -0.05) is 12.8 Å². The molecule has 2 unspecified atom stereocenters. The van der Waals surface area contributed by atoms with Crippen LogP contribution in [0.15, 0.2) is 12.1 Å². The number of aromatic amines is 1. The Kier molecular flexibility index (Phi) is 3.16. The first-order valence-electron chi connectivity index (χ1n) is 6.64. The first kappa shape index (κ1) is 13.0. The van der Waals surface area contributed by atoms with Crippen LogP contribution in [0.2, 0.25) is 0 Å². The molecule has 1 aliphatic carbocycles. The zero-order chi connectivity index (χ0) is 14.3. The van der Waals surface area contributed by atoms with E-state index in [9.17, 15) is 18.7 Å². The standard InChI is InChI=1S/C14H14F2N2O2/c15-9-5-6-10-12(11(9)16)18-13(17-10)7-3-1-2-4-8(7)14(19)20/h5-8H,1-4H2,(H,17,18)(H,19,20). The van der Waals surface area contributed by atoms with Gasteiger partial charge in [-0.25, -0.2) is 13.8 Å². The molecule has 0 aliphatic heterocycles. The minimum Gasteiger partial charge on any atom is -0.481 e. The number of aliphatic carboxylic acids is 1. The number of carbonyl (C=O) groups is 1. The van der Waals surface area contributed by atoms with E-state index in [0.717, 1.165) is 18.9 Å². The van der Waals surface area contributed by atoms with Crippen LogP contribution < -0.4 is 0 Å². The molecule has 0 bridgehead atoms. The lowest BCUT2D eigenvalue weighted by Crippen LogP contribution is -2.26. The third-order valence-electron chi connectivity index (χ3n) is 4.00. The molecule has 3 rings (SSSR count). The summed E-state index contributed by atoms with van der Waals surface area (Å²) in [5, 5.41) is 9.27. The lowest BCUT2D eigenvalue weighted by atomic mass is 9.79. The number of carboxylic acid groups (broad SMARTS) is 1. The second-order valence-corrected chi connectivity index (χ2v) is 5.22. The number of aromatic nitrogens is 2. The molecule has 0 radical (unpaired) electrons. The van der Waals surface area contributed by atoms with Gasteiger partial charge in [-0.3, -0.25) is 4.79 Å². The van der Waals surface area contributed by atoms with Gasteiger partial charge in [-0.05, 0) is 25.0 Å². The monoisotopic (exact) mass is 280 g/mol. The van der Waals surface area contributed by atoms with E-state index in [4.69, 9.17) is 0 Å². The number of benzene rings is 1. The van der Waals surface area contributed by atoms with Crippen molar-refractivity contribution < 1.29 is 18.7 Å². The summed E-state index contributed by atoms with van der Waals surface area (Å²) in [5.74, 6) is -3.14. The number of nitrogens with zero attached hydrogens (tertiary/aromatic N) is 1. The van der Waals surface area contributed by atoms with E-state index in [1.807, 2.05) is 0 Å². The number of hydrogen-bond donors (Lipinski definition) is 2. The van der Waals surface area contributed by atoms with Crippen LogP contribution in [0.4, 0.5) is 8.78 Å². The highest BCUT2D eigenvalue weighted by molar-refractivity contribution is 5.76. The molecular formula is C14H14F2N2O2. The Labute approximate surface area is 113 Å². The summed E-state index contributed by atoms with van der Waals surface area (Å²) in [6.07, 6.45) is 3.08. The molecule has 106 valence electrons. The molecular weight excluding hydrogens is 266 g/mol. The van der Waals surface area contributed by atoms with Crippen LogP contribution >= 0.6 is 0 Å². The minimum absolute atomic E-state index is 0.0605. The van der Waals surface area contributed by atoms with Crippen LogP contribution in [0, 0.1) is 17.6 Å². The van der Waals surface area contributed by atoms with Gasteiger partial charge < -0.3 is 10.1 Å². The SMILES string of the molecule is O=C(O)C1CCCCC1c1nc2c(F)c(F)ccc2[nH]1. The molecule has 1 saturated carbocycles. The molecule has 2 N–H and O–H groups in total. The summed E-state index contributed by atoms with van der Waals surface area (Å²) >= 11 is 0. The fourth-order valence-corrected chi connectivity index (χ4v) is 2.97. The van der Waals surface area contributed by atoms with Crippen molar-refractivity contribution in [3.8, 4) is 0 Å². The van der Waals surface area contributed by atoms with Crippen molar-refractivity contribution in [2.45, 2.75) is 31.6 Å². The summed E-state index contributed by atoms with van der Waals surface area (Å²) in [7, 11) is 0.